The largest absolute Gasteiger partial charge is 0.506 e. The van der Waals surface area contributed by atoms with Crippen LogP contribution in [-0.4, -0.2) is 28.1 Å². The van der Waals surface area contributed by atoms with Gasteiger partial charge >= 0.3 is 0 Å². The molecule has 0 bridgehead atoms. The van der Waals surface area contributed by atoms with Crippen molar-refractivity contribution in [2.24, 2.45) is 11.3 Å². The van der Waals surface area contributed by atoms with E-state index in [0.29, 0.717) is 11.2 Å². The summed E-state index contributed by atoms with van der Waals surface area (Å²) >= 11 is 0. The summed E-state index contributed by atoms with van der Waals surface area (Å²) in [5.41, 5.74) is 2.20. The molecule has 0 saturated carbocycles. The van der Waals surface area contributed by atoms with E-state index in [-0.39, 0.29) is 0 Å². The molecule has 1 fully saturated rings. The number of aryl methyl sites for hydroxylation is 1. The van der Waals surface area contributed by atoms with Crippen LogP contribution in [0.5, 0.6) is 5.75 Å². The first kappa shape index (κ1) is 14.3. The zero-order valence-electron chi connectivity index (χ0n) is 12.6. The van der Waals surface area contributed by atoms with Crippen molar-refractivity contribution in [3.63, 3.8) is 0 Å². The third-order valence-electron chi connectivity index (χ3n) is 4.28. The zero-order valence-corrected chi connectivity index (χ0v) is 12.6. The Kier molecular flexibility index (Phi) is 4.14. The van der Waals surface area contributed by atoms with Gasteiger partial charge < -0.3 is 5.11 Å². The van der Waals surface area contributed by atoms with E-state index < -0.39 is 0 Å². The van der Waals surface area contributed by atoms with Gasteiger partial charge in [-0.3, -0.25) is 9.88 Å². The fraction of sp³-hybridized carbons (Fsp3) is 0.688. The molecule has 1 aliphatic rings. The Bertz CT molecular complexity index is 429. The number of rotatable bonds is 2. The molecule has 1 N–H and O–H groups in total. The first-order valence-electron chi connectivity index (χ1n) is 7.24. The molecule has 1 aliphatic heterocycles. The summed E-state index contributed by atoms with van der Waals surface area (Å²) in [5, 5.41) is 9.86. The second-order valence-electron chi connectivity index (χ2n) is 6.83. The summed E-state index contributed by atoms with van der Waals surface area (Å²) in [7, 11) is 0. The second kappa shape index (κ2) is 5.49. The van der Waals surface area contributed by atoms with Crippen molar-refractivity contribution in [1.82, 2.24) is 9.88 Å². The number of likely N-dealkylation sites (tertiary alicyclic amines) is 1. The fourth-order valence-electron chi connectivity index (χ4n) is 2.89. The van der Waals surface area contributed by atoms with Crippen molar-refractivity contribution in [2.45, 2.75) is 47.1 Å². The molecule has 2 heterocycles. The third-order valence-corrected chi connectivity index (χ3v) is 4.28. The molecule has 0 amide bonds. The van der Waals surface area contributed by atoms with Crippen molar-refractivity contribution in [1.29, 1.82) is 0 Å². The molecule has 1 saturated heterocycles. The van der Waals surface area contributed by atoms with Crippen LogP contribution in [0.1, 0.15) is 45.0 Å². The van der Waals surface area contributed by atoms with Gasteiger partial charge in [0.25, 0.3) is 0 Å². The highest BCUT2D eigenvalue weighted by Crippen LogP contribution is 2.34. The van der Waals surface area contributed by atoms with Gasteiger partial charge in [-0.05, 0) is 56.3 Å². The van der Waals surface area contributed by atoms with Gasteiger partial charge in [0, 0.05) is 12.2 Å². The lowest BCUT2D eigenvalue weighted by molar-refractivity contribution is 0.106. The summed E-state index contributed by atoms with van der Waals surface area (Å²) in [4.78, 5) is 6.85. The third kappa shape index (κ3) is 3.69. The number of pyridine rings is 1. The van der Waals surface area contributed by atoms with E-state index in [0.717, 1.165) is 36.9 Å². The van der Waals surface area contributed by atoms with Crippen LogP contribution in [0, 0.1) is 18.3 Å². The first-order chi connectivity index (χ1) is 8.86. The van der Waals surface area contributed by atoms with Crippen LogP contribution < -0.4 is 0 Å². The molecule has 106 valence electrons. The summed E-state index contributed by atoms with van der Waals surface area (Å²) in [6, 6.07) is 3.60. The van der Waals surface area contributed by atoms with Crippen LogP contribution in [-0.2, 0) is 6.54 Å². The lowest BCUT2D eigenvalue weighted by Crippen LogP contribution is -2.37. The van der Waals surface area contributed by atoms with Gasteiger partial charge in [0.2, 0.25) is 0 Å². The molecule has 2 rings (SSSR count). The molecule has 0 unspecified atom stereocenters. The quantitative estimate of drug-likeness (QED) is 0.888. The summed E-state index contributed by atoms with van der Waals surface area (Å²) in [6.07, 6.45) is 2.49. The summed E-state index contributed by atoms with van der Waals surface area (Å²) in [5.74, 6) is 1.13. The van der Waals surface area contributed by atoms with Crippen molar-refractivity contribution < 1.29 is 5.11 Å². The highest BCUT2D eigenvalue weighted by molar-refractivity contribution is 5.27. The van der Waals surface area contributed by atoms with Gasteiger partial charge in [-0.15, -0.1) is 0 Å². The van der Waals surface area contributed by atoms with Crippen LogP contribution in [0.4, 0.5) is 0 Å². The zero-order chi connectivity index (χ0) is 14.0. The molecule has 0 aliphatic carbocycles. The van der Waals surface area contributed by atoms with E-state index in [1.165, 1.54) is 12.8 Å². The van der Waals surface area contributed by atoms with E-state index in [1.807, 2.05) is 13.0 Å². The Morgan fingerprint density at radius 1 is 1.26 bits per heavy atom. The fourth-order valence-corrected chi connectivity index (χ4v) is 2.89. The Labute approximate surface area is 116 Å². The molecule has 1 aromatic rings. The number of nitrogens with zero attached hydrogens (tertiary/aromatic N) is 2. The molecule has 3 nitrogen and oxygen atoms in total. The van der Waals surface area contributed by atoms with E-state index in [4.69, 9.17) is 0 Å². The van der Waals surface area contributed by atoms with Gasteiger partial charge in [-0.2, -0.15) is 0 Å². The van der Waals surface area contributed by atoms with Crippen LogP contribution in [0.15, 0.2) is 12.1 Å². The number of hydrogen-bond acceptors (Lipinski definition) is 3. The molecular weight excluding hydrogens is 236 g/mol. The van der Waals surface area contributed by atoms with E-state index in [1.54, 1.807) is 6.07 Å². The van der Waals surface area contributed by atoms with Crippen LogP contribution in [0.3, 0.4) is 0 Å². The minimum Gasteiger partial charge on any atom is -0.506 e. The van der Waals surface area contributed by atoms with Crippen LogP contribution >= 0.6 is 0 Å². The standard InChI is InChI=1S/C16H26N2O/c1-12-5-6-15(19)14(17-12)11-18-9-7-13(8-10-18)16(2,3)4/h5-6,13,19H,7-11H2,1-4H3. The number of aromatic nitrogens is 1. The maximum atomic E-state index is 9.86. The average molecular weight is 262 g/mol. The van der Waals surface area contributed by atoms with Gasteiger partial charge in [-0.1, -0.05) is 20.8 Å². The average Bonchev–Trinajstić information content (AvgIpc) is 2.33. The predicted octanol–water partition coefficient (Wildman–Crippen LogP) is 3.35. The maximum absolute atomic E-state index is 9.86. The van der Waals surface area contributed by atoms with Gasteiger partial charge in [-0.25, -0.2) is 0 Å². The number of piperidine rings is 1. The number of hydrogen-bond donors (Lipinski definition) is 1. The number of aromatic hydroxyl groups is 1. The summed E-state index contributed by atoms with van der Waals surface area (Å²) < 4.78 is 0. The monoisotopic (exact) mass is 262 g/mol. The Hall–Kier alpha value is -1.09. The summed E-state index contributed by atoms with van der Waals surface area (Å²) in [6.45, 7) is 12.0. The van der Waals surface area contributed by atoms with E-state index >= 15 is 0 Å². The SMILES string of the molecule is Cc1ccc(O)c(CN2CCC(C(C)(C)C)CC2)n1. The molecule has 1 aromatic heterocycles. The van der Waals surface area contributed by atoms with Crippen molar-refractivity contribution in [3.8, 4) is 5.75 Å². The molecule has 0 radical (unpaired) electrons. The van der Waals surface area contributed by atoms with Crippen LogP contribution in [0.25, 0.3) is 0 Å². The molecule has 19 heavy (non-hydrogen) atoms. The van der Waals surface area contributed by atoms with Crippen LogP contribution in [0.2, 0.25) is 0 Å². The van der Waals surface area contributed by atoms with Gasteiger partial charge in [0.1, 0.15) is 5.75 Å². The lowest BCUT2D eigenvalue weighted by atomic mass is 9.75. The molecule has 0 atom stereocenters. The minimum absolute atomic E-state index is 0.323. The highest BCUT2D eigenvalue weighted by atomic mass is 16.3. The van der Waals surface area contributed by atoms with E-state index in [9.17, 15) is 5.11 Å². The van der Waals surface area contributed by atoms with E-state index in [2.05, 4.69) is 30.7 Å². The first-order valence-corrected chi connectivity index (χ1v) is 7.24. The highest BCUT2D eigenvalue weighted by Gasteiger charge is 2.28. The molecule has 3 heteroatoms. The normalized spacial score (nSPS) is 18.7. The lowest BCUT2D eigenvalue weighted by Gasteiger charge is -2.38. The van der Waals surface area contributed by atoms with Crippen molar-refractivity contribution >= 4 is 0 Å². The van der Waals surface area contributed by atoms with Gasteiger partial charge in [0.15, 0.2) is 0 Å². The smallest absolute Gasteiger partial charge is 0.138 e. The topological polar surface area (TPSA) is 36.4 Å². The van der Waals surface area contributed by atoms with Crippen molar-refractivity contribution in [2.75, 3.05) is 13.1 Å². The Morgan fingerprint density at radius 3 is 2.47 bits per heavy atom. The van der Waals surface area contributed by atoms with Crippen molar-refractivity contribution in [3.05, 3.63) is 23.5 Å². The molecule has 0 aromatic carbocycles. The van der Waals surface area contributed by atoms with Gasteiger partial charge in [0.05, 0.1) is 5.69 Å². The second-order valence-corrected chi connectivity index (χ2v) is 6.83. The molecular formula is C16H26N2O. The Morgan fingerprint density at radius 2 is 1.89 bits per heavy atom. The Balaban J connectivity index is 1.94. The minimum atomic E-state index is 0.323. The molecule has 0 spiro atoms. The predicted molar refractivity (Wildman–Crippen MR) is 78.1 cm³/mol. The maximum Gasteiger partial charge on any atom is 0.138 e.